The van der Waals surface area contributed by atoms with Crippen LogP contribution in [0.25, 0.3) is 5.69 Å². The molecule has 1 aliphatic heterocycles. The number of hydrogen-bond acceptors (Lipinski definition) is 4. The van der Waals surface area contributed by atoms with Crippen LogP contribution in [0.2, 0.25) is 0 Å². The molecule has 1 fully saturated rings. The maximum absolute atomic E-state index is 12.8. The minimum absolute atomic E-state index is 0.00855. The Hall–Kier alpha value is -2.83. The molecule has 0 spiro atoms. The van der Waals surface area contributed by atoms with Crippen LogP contribution in [0.15, 0.2) is 36.5 Å². The van der Waals surface area contributed by atoms with Gasteiger partial charge in [0.2, 0.25) is 0 Å². The second-order valence-electron chi connectivity index (χ2n) is 6.26. The number of aromatic nitrogens is 2. The molecule has 2 heterocycles. The SMILES string of the molecule is COc1ccc(-n2ccc(C(=O)N3CC(C(=O)O)CCC3C)n2)cc1. The first-order chi connectivity index (χ1) is 12.0. The zero-order valence-electron chi connectivity index (χ0n) is 14.3. The van der Waals surface area contributed by atoms with Crippen molar-refractivity contribution in [2.45, 2.75) is 25.8 Å². The zero-order chi connectivity index (χ0) is 18.0. The molecule has 3 rings (SSSR count). The average molecular weight is 343 g/mol. The van der Waals surface area contributed by atoms with E-state index >= 15 is 0 Å². The third-order valence-electron chi connectivity index (χ3n) is 4.64. The van der Waals surface area contributed by atoms with Crippen molar-refractivity contribution in [3.63, 3.8) is 0 Å². The first kappa shape index (κ1) is 17.0. The highest BCUT2D eigenvalue weighted by molar-refractivity contribution is 5.93. The first-order valence-corrected chi connectivity index (χ1v) is 8.23. The quantitative estimate of drug-likeness (QED) is 0.920. The lowest BCUT2D eigenvalue weighted by atomic mass is 9.93. The van der Waals surface area contributed by atoms with Gasteiger partial charge in [-0.15, -0.1) is 0 Å². The molecule has 1 saturated heterocycles. The third-order valence-corrected chi connectivity index (χ3v) is 4.64. The van der Waals surface area contributed by atoms with Crippen molar-refractivity contribution >= 4 is 11.9 Å². The van der Waals surface area contributed by atoms with E-state index in [1.807, 2.05) is 31.2 Å². The Morgan fingerprint density at radius 3 is 2.56 bits per heavy atom. The summed E-state index contributed by atoms with van der Waals surface area (Å²) in [6.07, 6.45) is 3.00. The van der Waals surface area contributed by atoms with Gasteiger partial charge in [-0.1, -0.05) is 0 Å². The number of aliphatic carboxylic acids is 1. The summed E-state index contributed by atoms with van der Waals surface area (Å²) in [5.41, 5.74) is 1.13. The van der Waals surface area contributed by atoms with E-state index in [9.17, 15) is 14.7 Å². The van der Waals surface area contributed by atoms with Gasteiger partial charge in [0.1, 0.15) is 5.75 Å². The van der Waals surface area contributed by atoms with Gasteiger partial charge in [0.05, 0.1) is 18.7 Å². The van der Waals surface area contributed by atoms with E-state index in [4.69, 9.17) is 4.74 Å². The van der Waals surface area contributed by atoms with E-state index in [-0.39, 0.29) is 18.5 Å². The Morgan fingerprint density at radius 2 is 1.92 bits per heavy atom. The van der Waals surface area contributed by atoms with Crippen LogP contribution >= 0.6 is 0 Å². The highest BCUT2D eigenvalue weighted by Gasteiger charge is 2.33. The van der Waals surface area contributed by atoms with E-state index in [1.54, 1.807) is 29.0 Å². The molecule has 2 aromatic rings. The molecule has 2 unspecified atom stereocenters. The van der Waals surface area contributed by atoms with Crippen LogP contribution in [-0.2, 0) is 4.79 Å². The predicted molar refractivity (Wildman–Crippen MR) is 91.0 cm³/mol. The van der Waals surface area contributed by atoms with Gasteiger partial charge in [0.25, 0.3) is 5.91 Å². The lowest BCUT2D eigenvalue weighted by molar-refractivity contribution is -0.143. The van der Waals surface area contributed by atoms with Gasteiger partial charge < -0.3 is 14.7 Å². The van der Waals surface area contributed by atoms with Crippen molar-refractivity contribution < 1.29 is 19.4 Å². The molecule has 1 N–H and O–H groups in total. The molecule has 2 atom stereocenters. The molecule has 1 aromatic heterocycles. The molecular formula is C18H21N3O4. The van der Waals surface area contributed by atoms with E-state index in [0.717, 1.165) is 11.4 Å². The van der Waals surface area contributed by atoms with Crippen molar-refractivity contribution in [3.8, 4) is 11.4 Å². The fourth-order valence-corrected chi connectivity index (χ4v) is 3.06. The van der Waals surface area contributed by atoms with Crippen LogP contribution in [0.3, 0.4) is 0 Å². The highest BCUT2D eigenvalue weighted by atomic mass is 16.5. The van der Waals surface area contributed by atoms with E-state index in [1.165, 1.54) is 0 Å². The number of methoxy groups -OCH3 is 1. The maximum atomic E-state index is 12.8. The Morgan fingerprint density at radius 1 is 1.20 bits per heavy atom. The van der Waals surface area contributed by atoms with E-state index < -0.39 is 11.9 Å². The lowest BCUT2D eigenvalue weighted by Crippen LogP contribution is -2.47. The number of ether oxygens (including phenoxy) is 1. The molecule has 0 aliphatic carbocycles. The van der Waals surface area contributed by atoms with Crippen LogP contribution in [0, 0.1) is 5.92 Å². The standard InChI is InChI=1S/C18H21N3O4/c1-12-3-4-13(18(23)24)11-20(12)17(22)16-9-10-21(19-16)14-5-7-15(25-2)8-6-14/h5-10,12-13H,3-4,11H2,1-2H3,(H,23,24). The highest BCUT2D eigenvalue weighted by Crippen LogP contribution is 2.24. The molecule has 7 nitrogen and oxygen atoms in total. The summed E-state index contributed by atoms with van der Waals surface area (Å²) in [5.74, 6) is -0.850. The minimum Gasteiger partial charge on any atom is -0.497 e. The summed E-state index contributed by atoms with van der Waals surface area (Å²) < 4.78 is 6.75. The molecule has 1 aromatic carbocycles. The van der Waals surface area contributed by atoms with E-state index in [2.05, 4.69) is 5.10 Å². The minimum atomic E-state index is -0.853. The van der Waals surface area contributed by atoms with Crippen LogP contribution < -0.4 is 4.74 Å². The number of benzene rings is 1. The van der Waals surface area contributed by atoms with Gasteiger partial charge in [0.15, 0.2) is 5.69 Å². The van der Waals surface area contributed by atoms with Gasteiger partial charge in [-0.2, -0.15) is 5.10 Å². The summed E-state index contributed by atoms with van der Waals surface area (Å²) in [7, 11) is 1.60. The normalized spacial score (nSPS) is 20.3. The molecule has 0 radical (unpaired) electrons. The number of likely N-dealkylation sites (tertiary alicyclic amines) is 1. The van der Waals surface area contributed by atoms with E-state index in [0.29, 0.717) is 18.5 Å². The molecule has 132 valence electrons. The van der Waals surface area contributed by atoms with Crippen molar-refractivity contribution in [2.75, 3.05) is 13.7 Å². The van der Waals surface area contributed by atoms with Crippen molar-refractivity contribution in [1.29, 1.82) is 0 Å². The smallest absolute Gasteiger partial charge is 0.308 e. The molecule has 1 aliphatic rings. The van der Waals surface area contributed by atoms with Gasteiger partial charge in [-0.25, -0.2) is 4.68 Å². The van der Waals surface area contributed by atoms with Crippen molar-refractivity contribution in [1.82, 2.24) is 14.7 Å². The Balaban J connectivity index is 1.78. The molecular weight excluding hydrogens is 322 g/mol. The molecule has 0 bridgehead atoms. The number of carbonyl (C=O) groups excluding carboxylic acids is 1. The summed E-state index contributed by atoms with van der Waals surface area (Å²) in [5, 5.41) is 13.6. The fraction of sp³-hybridized carbons (Fsp3) is 0.389. The number of nitrogens with zero attached hydrogens (tertiary/aromatic N) is 3. The van der Waals surface area contributed by atoms with Gasteiger partial charge in [-0.3, -0.25) is 9.59 Å². The number of carboxylic acids is 1. The van der Waals surface area contributed by atoms with Crippen LogP contribution in [0.5, 0.6) is 5.75 Å². The number of carboxylic acid groups (broad SMARTS) is 1. The maximum Gasteiger partial charge on any atom is 0.308 e. The van der Waals surface area contributed by atoms with Crippen molar-refractivity contribution in [2.24, 2.45) is 5.92 Å². The van der Waals surface area contributed by atoms with Gasteiger partial charge >= 0.3 is 5.97 Å². The van der Waals surface area contributed by atoms with Crippen LogP contribution in [0.4, 0.5) is 0 Å². The number of amides is 1. The first-order valence-electron chi connectivity index (χ1n) is 8.23. The largest absolute Gasteiger partial charge is 0.497 e. The van der Waals surface area contributed by atoms with Crippen LogP contribution in [0.1, 0.15) is 30.3 Å². The summed E-state index contributed by atoms with van der Waals surface area (Å²) in [4.78, 5) is 25.6. The fourth-order valence-electron chi connectivity index (χ4n) is 3.06. The number of piperidine rings is 1. The van der Waals surface area contributed by atoms with Gasteiger partial charge in [0, 0.05) is 18.8 Å². The predicted octanol–water partition coefficient (Wildman–Crippen LogP) is 2.21. The summed E-state index contributed by atoms with van der Waals surface area (Å²) in [6, 6.07) is 9.01. The Kier molecular flexibility index (Phi) is 4.74. The number of rotatable bonds is 4. The van der Waals surface area contributed by atoms with Crippen LogP contribution in [-0.4, -0.2) is 51.4 Å². The second-order valence-corrected chi connectivity index (χ2v) is 6.26. The van der Waals surface area contributed by atoms with Gasteiger partial charge in [-0.05, 0) is 50.1 Å². The molecule has 7 heteroatoms. The lowest BCUT2D eigenvalue weighted by Gasteiger charge is -2.36. The summed E-state index contributed by atoms with van der Waals surface area (Å²) >= 11 is 0. The summed E-state index contributed by atoms with van der Waals surface area (Å²) in [6.45, 7) is 2.17. The monoisotopic (exact) mass is 343 g/mol. The molecule has 25 heavy (non-hydrogen) atoms. The third kappa shape index (κ3) is 3.50. The Labute approximate surface area is 145 Å². The molecule has 1 amide bonds. The Bertz CT molecular complexity index is 769. The molecule has 0 saturated carbocycles. The zero-order valence-corrected chi connectivity index (χ0v) is 14.3. The topological polar surface area (TPSA) is 84.7 Å². The second kappa shape index (κ2) is 6.96. The number of carbonyl (C=O) groups is 2. The van der Waals surface area contributed by atoms with Crippen molar-refractivity contribution in [3.05, 3.63) is 42.2 Å². The average Bonchev–Trinajstić information content (AvgIpc) is 3.11. The number of hydrogen-bond donors (Lipinski definition) is 1.